The summed E-state index contributed by atoms with van der Waals surface area (Å²) in [5.41, 5.74) is 2.64. The second kappa shape index (κ2) is 10.7. The highest BCUT2D eigenvalue weighted by Crippen LogP contribution is 2.31. The van der Waals surface area contributed by atoms with E-state index in [0.717, 1.165) is 34.4 Å². The number of benzene rings is 2. The molecule has 0 aliphatic carbocycles. The van der Waals surface area contributed by atoms with E-state index in [1.165, 1.54) is 12.4 Å². The maximum Gasteiger partial charge on any atom is 0.433 e. The van der Waals surface area contributed by atoms with Crippen molar-refractivity contribution in [3.63, 3.8) is 0 Å². The summed E-state index contributed by atoms with van der Waals surface area (Å²) < 4.78 is 44.0. The monoisotopic (exact) mass is 510 g/mol. The summed E-state index contributed by atoms with van der Waals surface area (Å²) >= 11 is 0. The molecule has 8 nitrogen and oxygen atoms in total. The number of aryl methyl sites for hydroxylation is 1. The SMILES string of the molecule is CCc1cc(Oc2ncnc3cc(N(C)C)ccc23)ccc1NC(=O)NCc1ccc(C(F)(F)F)nc1. The van der Waals surface area contributed by atoms with Crippen molar-refractivity contribution in [2.24, 2.45) is 0 Å². The van der Waals surface area contributed by atoms with Gasteiger partial charge in [0, 0.05) is 38.2 Å². The number of hydrogen-bond donors (Lipinski definition) is 2. The minimum Gasteiger partial charge on any atom is -0.438 e. The standard InChI is InChI=1S/C26H25F3N6O2/c1-4-17-11-19(37-24-20-8-6-18(35(2)3)12-22(20)32-15-33-24)7-9-21(17)34-25(36)31-14-16-5-10-23(30-13-16)26(27,28)29/h5-13,15H,4,14H2,1-3H3,(H2,31,34,36). The van der Waals surface area contributed by atoms with Crippen LogP contribution in [0.25, 0.3) is 10.9 Å². The zero-order chi connectivity index (χ0) is 26.6. The van der Waals surface area contributed by atoms with Crippen molar-refractivity contribution in [1.82, 2.24) is 20.3 Å². The maximum absolute atomic E-state index is 12.6. The van der Waals surface area contributed by atoms with E-state index in [0.29, 0.717) is 29.3 Å². The normalized spacial score (nSPS) is 11.3. The fourth-order valence-corrected chi connectivity index (χ4v) is 3.59. The van der Waals surface area contributed by atoms with Crippen molar-refractivity contribution < 1.29 is 22.7 Å². The van der Waals surface area contributed by atoms with Gasteiger partial charge in [-0.3, -0.25) is 4.98 Å². The second-order valence-electron chi connectivity index (χ2n) is 8.41. The first-order valence-electron chi connectivity index (χ1n) is 11.4. The van der Waals surface area contributed by atoms with Crippen LogP contribution in [0.15, 0.2) is 61.1 Å². The molecule has 0 radical (unpaired) electrons. The smallest absolute Gasteiger partial charge is 0.433 e. The molecule has 0 saturated heterocycles. The largest absolute Gasteiger partial charge is 0.438 e. The molecule has 0 aliphatic heterocycles. The molecule has 11 heteroatoms. The Hall–Kier alpha value is -4.41. The van der Waals surface area contributed by atoms with Crippen LogP contribution < -0.4 is 20.3 Å². The van der Waals surface area contributed by atoms with Gasteiger partial charge in [0.05, 0.1) is 10.9 Å². The number of ether oxygens (including phenoxy) is 1. The number of fused-ring (bicyclic) bond motifs is 1. The van der Waals surface area contributed by atoms with Gasteiger partial charge in [0.15, 0.2) is 0 Å². The van der Waals surface area contributed by atoms with Crippen LogP contribution in [0.4, 0.5) is 29.3 Å². The lowest BCUT2D eigenvalue weighted by atomic mass is 10.1. The summed E-state index contributed by atoms with van der Waals surface area (Å²) in [6.45, 7) is 1.97. The zero-order valence-electron chi connectivity index (χ0n) is 20.4. The van der Waals surface area contributed by atoms with Crippen LogP contribution in [0, 0.1) is 0 Å². The summed E-state index contributed by atoms with van der Waals surface area (Å²) in [5, 5.41) is 6.16. The number of rotatable bonds is 7. The lowest BCUT2D eigenvalue weighted by Crippen LogP contribution is -2.28. The van der Waals surface area contributed by atoms with Gasteiger partial charge >= 0.3 is 12.2 Å². The maximum atomic E-state index is 12.6. The van der Waals surface area contributed by atoms with E-state index in [1.54, 1.807) is 12.1 Å². The highest BCUT2D eigenvalue weighted by Gasteiger charge is 2.32. The van der Waals surface area contributed by atoms with Gasteiger partial charge in [0.1, 0.15) is 17.8 Å². The van der Waals surface area contributed by atoms with E-state index in [-0.39, 0.29) is 6.54 Å². The summed E-state index contributed by atoms with van der Waals surface area (Å²) in [4.78, 5) is 26.4. The van der Waals surface area contributed by atoms with Crippen molar-refractivity contribution in [2.75, 3.05) is 24.3 Å². The topological polar surface area (TPSA) is 92.3 Å². The van der Waals surface area contributed by atoms with E-state index in [1.807, 2.05) is 50.2 Å². The quantitative estimate of drug-likeness (QED) is 0.327. The Labute approximate surface area is 211 Å². The Morgan fingerprint density at radius 2 is 1.84 bits per heavy atom. The first-order chi connectivity index (χ1) is 17.6. The number of aromatic nitrogens is 3. The molecule has 0 aliphatic rings. The van der Waals surface area contributed by atoms with Crippen LogP contribution in [0.3, 0.4) is 0 Å². The third kappa shape index (κ3) is 6.24. The fraction of sp³-hybridized carbons (Fsp3) is 0.231. The molecule has 37 heavy (non-hydrogen) atoms. The molecule has 0 unspecified atom stereocenters. The second-order valence-corrected chi connectivity index (χ2v) is 8.41. The first-order valence-corrected chi connectivity index (χ1v) is 11.4. The minimum absolute atomic E-state index is 0.0238. The molecule has 0 atom stereocenters. The first kappa shape index (κ1) is 25.7. The van der Waals surface area contributed by atoms with Gasteiger partial charge in [-0.1, -0.05) is 13.0 Å². The number of urea groups is 1. The van der Waals surface area contributed by atoms with Gasteiger partial charge in [-0.2, -0.15) is 13.2 Å². The predicted octanol–water partition coefficient (Wildman–Crippen LogP) is 5.79. The molecule has 0 spiro atoms. The Morgan fingerprint density at radius 3 is 2.51 bits per heavy atom. The predicted molar refractivity (Wildman–Crippen MR) is 135 cm³/mol. The number of alkyl halides is 3. The van der Waals surface area contributed by atoms with Crippen molar-refractivity contribution >= 4 is 28.3 Å². The number of anilines is 2. The van der Waals surface area contributed by atoms with Crippen LogP contribution in [-0.4, -0.2) is 35.1 Å². The number of hydrogen-bond acceptors (Lipinski definition) is 6. The van der Waals surface area contributed by atoms with Crippen molar-refractivity contribution in [1.29, 1.82) is 0 Å². The minimum atomic E-state index is -4.51. The van der Waals surface area contributed by atoms with Gasteiger partial charge in [0.2, 0.25) is 5.88 Å². The highest BCUT2D eigenvalue weighted by atomic mass is 19.4. The van der Waals surface area contributed by atoms with Crippen LogP contribution in [0.5, 0.6) is 11.6 Å². The molecule has 0 fully saturated rings. The fourth-order valence-electron chi connectivity index (χ4n) is 3.59. The van der Waals surface area contributed by atoms with Crippen LogP contribution in [0.1, 0.15) is 23.7 Å². The Bertz CT molecular complexity index is 1410. The molecule has 192 valence electrons. The lowest BCUT2D eigenvalue weighted by molar-refractivity contribution is -0.141. The molecule has 2 aromatic heterocycles. The molecule has 2 amide bonds. The molecule has 2 N–H and O–H groups in total. The third-order valence-corrected chi connectivity index (χ3v) is 5.59. The van der Waals surface area contributed by atoms with E-state index in [2.05, 4.69) is 25.6 Å². The summed E-state index contributed by atoms with van der Waals surface area (Å²) in [7, 11) is 3.90. The number of carbonyl (C=O) groups is 1. The molecular formula is C26H25F3N6O2. The molecule has 0 bridgehead atoms. The molecule has 4 aromatic rings. The van der Waals surface area contributed by atoms with Gasteiger partial charge < -0.3 is 20.3 Å². The van der Waals surface area contributed by atoms with Crippen LogP contribution >= 0.6 is 0 Å². The molecule has 2 heterocycles. The number of amides is 2. The van der Waals surface area contributed by atoms with Crippen molar-refractivity contribution in [3.8, 4) is 11.6 Å². The van der Waals surface area contributed by atoms with Gasteiger partial charge in [-0.15, -0.1) is 0 Å². The average Bonchev–Trinajstić information content (AvgIpc) is 2.88. The van der Waals surface area contributed by atoms with Gasteiger partial charge in [-0.05, 0) is 60.0 Å². The van der Waals surface area contributed by atoms with Crippen molar-refractivity contribution in [3.05, 3.63) is 77.9 Å². The lowest BCUT2D eigenvalue weighted by Gasteiger charge is -2.15. The number of pyridine rings is 1. The van der Waals surface area contributed by atoms with Crippen molar-refractivity contribution in [2.45, 2.75) is 26.1 Å². The number of carbonyl (C=O) groups excluding carboxylic acids is 1. The molecule has 0 saturated carbocycles. The Morgan fingerprint density at radius 1 is 1.03 bits per heavy atom. The summed E-state index contributed by atoms with van der Waals surface area (Å²) in [6, 6.07) is 12.7. The molecule has 2 aromatic carbocycles. The molecule has 4 rings (SSSR count). The van der Waals surface area contributed by atoms with E-state index >= 15 is 0 Å². The van der Waals surface area contributed by atoms with E-state index in [4.69, 9.17) is 4.74 Å². The zero-order valence-corrected chi connectivity index (χ0v) is 20.4. The van der Waals surface area contributed by atoms with E-state index in [9.17, 15) is 18.0 Å². The molecular weight excluding hydrogens is 485 g/mol. The Balaban J connectivity index is 1.43. The number of nitrogens with one attached hydrogen (secondary N) is 2. The van der Waals surface area contributed by atoms with E-state index < -0.39 is 17.9 Å². The number of halogens is 3. The van der Waals surface area contributed by atoms with Gasteiger partial charge in [-0.25, -0.2) is 14.8 Å². The highest BCUT2D eigenvalue weighted by molar-refractivity contribution is 5.90. The third-order valence-electron chi connectivity index (χ3n) is 5.59. The van der Waals surface area contributed by atoms with Crippen LogP contribution in [0.2, 0.25) is 0 Å². The Kier molecular flexibility index (Phi) is 7.42. The average molecular weight is 511 g/mol. The summed E-state index contributed by atoms with van der Waals surface area (Å²) in [6.07, 6.45) is -1.35. The van der Waals surface area contributed by atoms with Crippen LogP contribution in [-0.2, 0) is 19.1 Å². The van der Waals surface area contributed by atoms with Gasteiger partial charge in [0.25, 0.3) is 0 Å². The summed E-state index contributed by atoms with van der Waals surface area (Å²) in [5.74, 6) is 0.969. The number of nitrogens with zero attached hydrogens (tertiary/aromatic N) is 4.